The lowest BCUT2D eigenvalue weighted by Gasteiger charge is -2.12. The van der Waals surface area contributed by atoms with Crippen molar-refractivity contribution < 1.29 is 14.3 Å². The largest absolute Gasteiger partial charge is 0.469 e. The van der Waals surface area contributed by atoms with Crippen LogP contribution in [0.25, 0.3) is 11.3 Å². The van der Waals surface area contributed by atoms with Crippen LogP contribution >= 0.6 is 23.7 Å². The Hall–Kier alpha value is -2.75. The summed E-state index contributed by atoms with van der Waals surface area (Å²) in [7, 11) is 1.35. The number of benzene rings is 1. The lowest BCUT2D eigenvalue weighted by molar-refractivity contribution is -0.139. The summed E-state index contributed by atoms with van der Waals surface area (Å²) < 4.78 is 4.79. The number of thiazole rings is 1. The van der Waals surface area contributed by atoms with E-state index in [1.54, 1.807) is 0 Å². The molecule has 0 aliphatic carbocycles. The van der Waals surface area contributed by atoms with E-state index in [0.29, 0.717) is 23.1 Å². The van der Waals surface area contributed by atoms with Crippen LogP contribution in [0.2, 0.25) is 0 Å². The standard InChI is InChI=1S/C19H19N5O3S.ClH/c1-27-15(25)9-14-16(11-5-3-2-4-6-11)21-19(28-14)22-18(26)17-12-10-20-8-7-13(12)23-24-17;/h2-6,20H,7-10H2,1H3,(H,23,24)(H,21,22,26);1H. The van der Waals surface area contributed by atoms with E-state index < -0.39 is 0 Å². The predicted octanol–water partition coefficient (Wildman–Crippen LogP) is 2.57. The van der Waals surface area contributed by atoms with Gasteiger partial charge in [-0.3, -0.25) is 20.0 Å². The number of aromatic nitrogens is 3. The minimum atomic E-state index is -0.355. The molecule has 1 aliphatic heterocycles. The molecule has 3 aromatic rings. The van der Waals surface area contributed by atoms with Gasteiger partial charge in [0, 0.05) is 41.2 Å². The summed E-state index contributed by atoms with van der Waals surface area (Å²) in [6, 6.07) is 9.54. The Bertz CT molecular complexity index is 1020. The van der Waals surface area contributed by atoms with Crippen molar-refractivity contribution in [2.45, 2.75) is 19.4 Å². The molecule has 0 fully saturated rings. The van der Waals surface area contributed by atoms with Gasteiger partial charge in [-0.1, -0.05) is 30.3 Å². The SMILES string of the molecule is COC(=O)Cc1sc(NC(=O)c2n[nH]c3c2CNCC3)nc1-c1ccccc1.Cl. The number of carbonyl (C=O) groups excluding carboxylic acids is 2. The molecule has 2 aromatic heterocycles. The number of nitrogens with one attached hydrogen (secondary N) is 3. The van der Waals surface area contributed by atoms with Gasteiger partial charge in [-0.2, -0.15) is 5.10 Å². The third kappa shape index (κ3) is 4.47. The van der Waals surface area contributed by atoms with Gasteiger partial charge in [-0.15, -0.1) is 23.7 Å². The highest BCUT2D eigenvalue weighted by atomic mass is 35.5. The van der Waals surface area contributed by atoms with E-state index in [9.17, 15) is 9.59 Å². The van der Waals surface area contributed by atoms with Gasteiger partial charge in [0.2, 0.25) is 0 Å². The molecule has 8 nitrogen and oxygen atoms in total. The zero-order valence-electron chi connectivity index (χ0n) is 15.7. The minimum absolute atomic E-state index is 0. The number of esters is 1. The number of hydrogen-bond donors (Lipinski definition) is 3. The lowest BCUT2D eigenvalue weighted by atomic mass is 10.1. The molecule has 152 valence electrons. The topological polar surface area (TPSA) is 109 Å². The minimum Gasteiger partial charge on any atom is -0.469 e. The number of fused-ring (bicyclic) bond motifs is 1. The average molecular weight is 434 g/mol. The summed E-state index contributed by atoms with van der Waals surface area (Å²) in [5.41, 5.74) is 3.78. The van der Waals surface area contributed by atoms with E-state index in [0.717, 1.165) is 34.7 Å². The summed E-state index contributed by atoms with van der Waals surface area (Å²) in [5, 5.41) is 13.6. The molecule has 0 spiro atoms. The number of methoxy groups -OCH3 is 1. The first kappa shape index (κ1) is 21.0. The Balaban J connectivity index is 0.00000240. The lowest BCUT2D eigenvalue weighted by Crippen LogP contribution is -2.25. The van der Waals surface area contributed by atoms with Crippen LogP contribution in [0, 0.1) is 0 Å². The van der Waals surface area contributed by atoms with Crippen LogP contribution in [0.3, 0.4) is 0 Å². The van der Waals surface area contributed by atoms with Crippen LogP contribution in [0.5, 0.6) is 0 Å². The van der Waals surface area contributed by atoms with Crippen molar-refractivity contribution in [3.63, 3.8) is 0 Å². The smallest absolute Gasteiger partial charge is 0.310 e. The number of hydrogen-bond acceptors (Lipinski definition) is 7. The first-order valence-corrected chi connectivity index (χ1v) is 9.67. The second-order valence-corrected chi connectivity index (χ2v) is 7.40. The van der Waals surface area contributed by atoms with Crippen LogP contribution in [0.15, 0.2) is 30.3 Å². The second-order valence-electron chi connectivity index (χ2n) is 6.32. The number of nitrogens with zero attached hydrogens (tertiary/aromatic N) is 2. The molecule has 0 bridgehead atoms. The van der Waals surface area contributed by atoms with Crippen molar-refractivity contribution in [2.75, 3.05) is 19.0 Å². The van der Waals surface area contributed by atoms with E-state index in [4.69, 9.17) is 4.74 Å². The molecule has 0 saturated carbocycles. The van der Waals surface area contributed by atoms with E-state index in [2.05, 4.69) is 25.8 Å². The predicted molar refractivity (Wildman–Crippen MR) is 112 cm³/mol. The average Bonchev–Trinajstić information content (AvgIpc) is 3.32. The van der Waals surface area contributed by atoms with Gasteiger partial charge in [0.05, 0.1) is 19.2 Å². The molecule has 0 saturated heterocycles. The van der Waals surface area contributed by atoms with Crippen LogP contribution < -0.4 is 10.6 Å². The Morgan fingerprint density at radius 1 is 1.28 bits per heavy atom. The van der Waals surface area contributed by atoms with Crippen LogP contribution in [0.1, 0.15) is 26.6 Å². The molecule has 3 N–H and O–H groups in total. The zero-order valence-corrected chi connectivity index (χ0v) is 17.3. The van der Waals surface area contributed by atoms with Gasteiger partial charge >= 0.3 is 5.97 Å². The van der Waals surface area contributed by atoms with E-state index in [1.165, 1.54) is 18.4 Å². The maximum Gasteiger partial charge on any atom is 0.310 e. The first-order chi connectivity index (χ1) is 13.7. The molecule has 0 radical (unpaired) electrons. The number of anilines is 1. The third-order valence-electron chi connectivity index (χ3n) is 4.52. The number of aromatic amines is 1. The van der Waals surface area contributed by atoms with Crippen molar-refractivity contribution in [3.8, 4) is 11.3 Å². The molecule has 4 rings (SSSR count). The third-order valence-corrected chi connectivity index (χ3v) is 5.49. The molecule has 10 heteroatoms. The van der Waals surface area contributed by atoms with Crippen molar-refractivity contribution in [1.82, 2.24) is 20.5 Å². The van der Waals surface area contributed by atoms with Crippen LogP contribution in [0.4, 0.5) is 5.13 Å². The van der Waals surface area contributed by atoms with E-state index in [-0.39, 0.29) is 30.7 Å². The summed E-state index contributed by atoms with van der Waals surface area (Å²) in [4.78, 5) is 29.8. The Morgan fingerprint density at radius 2 is 2.07 bits per heavy atom. The highest BCUT2D eigenvalue weighted by Crippen LogP contribution is 2.32. The molecule has 1 aromatic carbocycles. The van der Waals surface area contributed by atoms with Gasteiger partial charge in [0.1, 0.15) is 0 Å². The summed E-state index contributed by atoms with van der Waals surface area (Å²) >= 11 is 1.26. The maximum atomic E-state index is 12.7. The second kappa shape index (κ2) is 9.17. The van der Waals surface area contributed by atoms with E-state index in [1.807, 2.05) is 30.3 Å². The Kier molecular flexibility index (Phi) is 6.63. The maximum absolute atomic E-state index is 12.7. The number of amides is 1. The number of halogens is 1. The van der Waals surface area contributed by atoms with Gasteiger partial charge < -0.3 is 10.1 Å². The molecular formula is C19H20ClN5O3S. The van der Waals surface area contributed by atoms with Crippen LogP contribution in [-0.4, -0.2) is 40.7 Å². The fraction of sp³-hybridized carbons (Fsp3) is 0.263. The Morgan fingerprint density at radius 3 is 2.83 bits per heavy atom. The number of ether oxygens (including phenoxy) is 1. The normalized spacial score (nSPS) is 12.6. The summed E-state index contributed by atoms with van der Waals surface area (Å²) in [5.74, 6) is -0.676. The van der Waals surface area contributed by atoms with Crippen molar-refractivity contribution in [3.05, 3.63) is 52.2 Å². The molecule has 1 aliphatic rings. The molecule has 29 heavy (non-hydrogen) atoms. The van der Waals surface area contributed by atoms with Gasteiger partial charge in [-0.05, 0) is 0 Å². The van der Waals surface area contributed by atoms with Crippen molar-refractivity contribution in [1.29, 1.82) is 0 Å². The van der Waals surface area contributed by atoms with Crippen molar-refractivity contribution >= 4 is 40.8 Å². The fourth-order valence-electron chi connectivity index (χ4n) is 3.12. The molecule has 0 atom stereocenters. The number of H-pyrrole nitrogens is 1. The Labute approximate surface area is 177 Å². The number of carbonyl (C=O) groups is 2. The number of rotatable bonds is 5. The highest BCUT2D eigenvalue weighted by molar-refractivity contribution is 7.16. The highest BCUT2D eigenvalue weighted by Gasteiger charge is 2.23. The monoisotopic (exact) mass is 433 g/mol. The molecule has 1 amide bonds. The van der Waals surface area contributed by atoms with Gasteiger partial charge in [0.15, 0.2) is 10.8 Å². The fourth-order valence-corrected chi connectivity index (χ4v) is 4.08. The quantitative estimate of drug-likeness (QED) is 0.533. The zero-order chi connectivity index (χ0) is 19.5. The van der Waals surface area contributed by atoms with Gasteiger partial charge in [-0.25, -0.2) is 4.98 Å². The molecular weight excluding hydrogens is 414 g/mol. The van der Waals surface area contributed by atoms with Crippen LogP contribution in [-0.2, 0) is 28.9 Å². The summed E-state index contributed by atoms with van der Waals surface area (Å²) in [6.45, 7) is 1.47. The van der Waals surface area contributed by atoms with Gasteiger partial charge in [0.25, 0.3) is 5.91 Å². The molecule has 0 unspecified atom stereocenters. The molecule has 3 heterocycles. The van der Waals surface area contributed by atoms with Crippen molar-refractivity contribution in [2.24, 2.45) is 0 Å². The first-order valence-electron chi connectivity index (χ1n) is 8.86. The summed E-state index contributed by atoms with van der Waals surface area (Å²) in [6.07, 6.45) is 0.907. The van der Waals surface area contributed by atoms with E-state index >= 15 is 0 Å².